The molecule has 9 nitrogen and oxygen atoms in total. The van der Waals surface area contributed by atoms with E-state index in [-0.39, 0.29) is 10.5 Å². The zero-order chi connectivity index (χ0) is 23.7. The largest absolute Gasteiger partial charge is 0.369 e. The van der Waals surface area contributed by atoms with Crippen LogP contribution in [0.3, 0.4) is 0 Å². The summed E-state index contributed by atoms with van der Waals surface area (Å²) in [5, 5.41) is 20.7. The molecular formula is C24H23N7O2S. The van der Waals surface area contributed by atoms with Gasteiger partial charge in [-0.1, -0.05) is 12.1 Å². The number of aromatic nitrogens is 3. The average molecular weight is 474 g/mol. The molecular weight excluding hydrogens is 450 g/mol. The summed E-state index contributed by atoms with van der Waals surface area (Å²) in [4.78, 5) is 6.69. The molecule has 1 saturated heterocycles. The maximum atomic E-state index is 13.3. The van der Waals surface area contributed by atoms with Crippen molar-refractivity contribution in [3.8, 4) is 6.07 Å². The number of nitrogens with one attached hydrogen (secondary N) is 2. The predicted molar refractivity (Wildman–Crippen MR) is 131 cm³/mol. The summed E-state index contributed by atoms with van der Waals surface area (Å²) in [6.45, 7) is 5.96. The van der Waals surface area contributed by atoms with Crippen molar-refractivity contribution in [1.82, 2.24) is 19.5 Å². The van der Waals surface area contributed by atoms with Crippen molar-refractivity contribution in [3.05, 3.63) is 72.1 Å². The van der Waals surface area contributed by atoms with Crippen molar-refractivity contribution in [3.63, 3.8) is 0 Å². The summed E-state index contributed by atoms with van der Waals surface area (Å²) in [7, 11) is -4.06. The summed E-state index contributed by atoms with van der Waals surface area (Å²) in [6.07, 6.45) is 3.03. The summed E-state index contributed by atoms with van der Waals surface area (Å²) in [5.41, 5.74) is 3.65. The predicted octanol–water partition coefficient (Wildman–Crippen LogP) is 3.00. The highest BCUT2D eigenvalue weighted by Crippen LogP contribution is 2.28. The third kappa shape index (κ3) is 3.96. The molecule has 10 heteroatoms. The first kappa shape index (κ1) is 21.9. The monoisotopic (exact) mass is 473 g/mol. The SMILES string of the molecule is Cc1cc(Nc2cc3c(cn2)cnn3S(=O)(=O)c2ccccc2C#N)ccc1N1CCNCC1. The van der Waals surface area contributed by atoms with Crippen molar-refractivity contribution in [2.75, 3.05) is 36.4 Å². The van der Waals surface area contributed by atoms with Crippen LogP contribution in [-0.2, 0) is 10.0 Å². The minimum Gasteiger partial charge on any atom is -0.369 e. The van der Waals surface area contributed by atoms with Crippen LogP contribution in [0.4, 0.5) is 17.2 Å². The molecule has 0 amide bonds. The highest BCUT2D eigenvalue weighted by Gasteiger charge is 2.24. The van der Waals surface area contributed by atoms with Gasteiger partial charge in [0.2, 0.25) is 0 Å². The van der Waals surface area contributed by atoms with Gasteiger partial charge in [-0.15, -0.1) is 0 Å². The molecule has 2 aromatic heterocycles. The first-order chi connectivity index (χ1) is 16.5. The number of nitriles is 1. The van der Waals surface area contributed by atoms with E-state index in [1.807, 2.05) is 12.1 Å². The van der Waals surface area contributed by atoms with Gasteiger partial charge in [-0.05, 0) is 42.8 Å². The Balaban J connectivity index is 1.47. The molecule has 3 heterocycles. The Bertz CT molecular complexity index is 1520. The van der Waals surface area contributed by atoms with Crippen LogP contribution >= 0.6 is 0 Å². The van der Waals surface area contributed by atoms with E-state index in [2.05, 4.69) is 44.7 Å². The molecule has 0 saturated carbocycles. The zero-order valence-corrected chi connectivity index (χ0v) is 19.4. The topological polar surface area (TPSA) is 116 Å². The lowest BCUT2D eigenvalue weighted by molar-refractivity contribution is 0.582. The molecule has 0 radical (unpaired) electrons. The van der Waals surface area contributed by atoms with Gasteiger partial charge in [-0.3, -0.25) is 0 Å². The Labute approximate surface area is 197 Å². The number of aryl methyl sites for hydroxylation is 1. The summed E-state index contributed by atoms with van der Waals surface area (Å²) in [5.74, 6) is 0.493. The van der Waals surface area contributed by atoms with Crippen LogP contribution in [0.15, 0.2) is 65.8 Å². The minimum atomic E-state index is -4.06. The molecule has 0 unspecified atom stereocenters. The molecule has 1 aliphatic rings. The van der Waals surface area contributed by atoms with Gasteiger partial charge in [0, 0.05) is 55.2 Å². The van der Waals surface area contributed by atoms with E-state index >= 15 is 0 Å². The second-order valence-corrected chi connectivity index (χ2v) is 9.83. The summed E-state index contributed by atoms with van der Waals surface area (Å²) < 4.78 is 27.5. The van der Waals surface area contributed by atoms with Crippen LogP contribution in [-0.4, -0.2) is 48.8 Å². The number of fused-ring (bicyclic) bond motifs is 1. The zero-order valence-electron chi connectivity index (χ0n) is 18.6. The molecule has 4 aromatic rings. The van der Waals surface area contributed by atoms with Crippen LogP contribution in [0.2, 0.25) is 0 Å². The lowest BCUT2D eigenvalue weighted by Gasteiger charge is -2.30. The third-order valence-corrected chi connectivity index (χ3v) is 7.52. The lowest BCUT2D eigenvalue weighted by atomic mass is 10.1. The number of nitrogens with zero attached hydrogens (tertiary/aromatic N) is 5. The second-order valence-electron chi connectivity index (χ2n) is 8.09. The Hall–Kier alpha value is -3.94. The summed E-state index contributed by atoms with van der Waals surface area (Å²) >= 11 is 0. The molecule has 5 rings (SSSR count). The maximum Gasteiger partial charge on any atom is 0.284 e. The molecule has 0 bridgehead atoms. The van der Waals surface area contributed by atoms with Gasteiger partial charge >= 0.3 is 0 Å². The molecule has 172 valence electrons. The van der Waals surface area contributed by atoms with Gasteiger partial charge in [0.05, 0.1) is 17.3 Å². The molecule has 1 aliphatic heterocycles. The van der Waals surface area contributed by atoms with E-state index in [9.17, 15) is 13.7 Å². The molecule has 0 aliphatic carbocycles. The smallest absolute Gasteiger partial charge is 0.284 e. The fraction of sp³-hybridized carbons (Fsp3) is 0.208. The fourth-order valence-corrected chi connectivity index (χ4v) is 5.59. The van der Waals surface area contributed by atoms with Gasteiger partial charge in [0.25, 0.3) is 10.0 Å². The van der Waals surface area contributed by atoms with Crippen molar-refractivity contribution >= 4 is 38.1 Å². The second kappa shape index (κ2) is 8.78. The number of hydrogen-bond acceptors (Lipinski definition) is 8. The number of benzene rings is 2. The molecule has 2 N–H and O–H groups in total. The summed E-state index contributed by atoms with van der Waals surface area (Å²) in [6, 6.07) is 15.8. The number of hydrogen-bond donors (Lipinski definition) is 2. The Morgan fingerprint density at radius 2 is 1.88 bits per heavy atom. The highest BCUT2D eigenvalue weighted by atomic mass is 32.2. The van der Waals surface area contributed by atoms with E-state index in [1.165, 1.54) is 24.0 Å². The normalized spacial score (nSPS) is 14.2. The van der Waals surface area contributed by atoms with E-state index in [0.717, 1.165) is 41.5 Å². The van der Waals surface area contributed by atoms with Crippen molar-refractivity contribution < 1.29 is 8.42 Å². The van der Waals surface area contributed by atoms with Crippen molar-refractivity contribution in [2.24, 2.45) is 0 Å². The number of piperazine rings is 1. The Morgan fingerprint density at radius 1 is 1.09 bits per heavy atom. The van der Waals surface area contributed by atoms with Crippen molar-refractivity contribution in [2.45, 2.75) is 11.8 Å². The van der Waals surface area contributed by atoms with E-state index in [4.69, 9.17) is 0 Å². The molecule has 1 fully saturated rings. The number of pyridine rings is 1. The first-order valence-electron chi connectivity index (χ1n) is 10.9. The van der Waals surface area contributed by atoms with Crippen molar-refractivity contribution in [1.29, 1.82) is 5.26 Å². The maximum absolute atomic E-state index is 13.3. The molecule has 0 spiro atoms. The highest BCUT2D eigenvalue weighted by molar-refractivity contribution is 7.90. The molecule has 2 aromatic carbocycles. The third-order valence-electron chi connectivity index (χ3n) is 5.86. The Morgan fingerprint density at radius 3 is 2.65 bits per heavy atom. The van der Waals surface area contributed by atoms with Gasteiger partial charge in [0.15, 0.2) is 0 Å². The quantitative estimate of drug-likeness (QED) is 0.454. The van der Waals surface area contributed by atoms with Gasteiger partial charge in [-0.2, -0.15) is 22.9 Å². The van der Waals surface area contributed by atoms with Crippen LogP contribution < -0.4 is 15.5 Å². The minimum absolute atomic E-state index is 0.0682. The molecule has 34 heavy (non-hydrogen) atoms. The van der Waals surface area contributed by atoms with Gasteiger partial charge < -0.3 is 15.5 Å². The standard InChI is InChI=1S/C24H23N7O2S/c1-17-12-20(6-7-21(17)30-10-8-26-9-11-30)29-24-13-22-19(15-27-24)16-28-31(22)34(32,33)23-5-3-2-4-18(23)14-25/h2-7,12-13,15-16,26H,8-11H2,1H3,(H,27,29). The van der Waals surface area contributed by atoms with E-state index < -0.39 is 10.0 Å². The van der Waals surface area contributed by atoms with Crippen LogP contribution in [0.25, 0.3) is 10.9 Å². The van der Waals surface area contributed by atoms with Crippen LogP contribution in [0.1, 0.15) is 11.1 Å². The van der Waals surface area contributed by atoms with Crippen LogP contribution in [0.5, 0.6) is 0 Å². The van der Waals surface area contributed by atoms with E-state index in [0.29, 0.717) is 16.7 Å². The average Bonchev–Trinajstić information content (AvgIpc) is 3.29. The van der Waals surface area contributed by atoms with Gasteiger partial charge in [0.1, 0.15) is 16.8 Å². The molecule has 0 atom stereocenters. The number of rotatable bonds is 5. The fourth-order valence-electron chi connectivity index (χ4n) is 4.18. The van der Waals surface area contributed by atoms with E-state index in [1.54, 1.807) is 24.4 Å². The van der Waals surface area contributed by atoms with Crippen LogP contribution in [0, 0.1) is 18.3 Å². The van der Waals surface area contributed by atoms with Gasteiger partial charge in [-0.25, -0.2) is 4.98 Å². The first-order valence-corrected chi connectivity index (χ1v) is 12.3. The number of anilines is 3. The Kier molecular flexibility index (Phi) is 5.65. The lowest BCUT2D eigenvalue weighted by Crippen LogP contribution is -2.43.